The van der Waals surface area contributed by atoms with E-state index in [0.29, 0.717) is 11.5 Å². The molecule has 1 atom stereocenters. The Kier molecular flexibility index (Phi) is 6.24. The number of rotatable bonds is 8. The van der Waals surface area contributed by atoms with Crippen LogP contribution in [0.25, 0.3) is 0 Å². The highest BCUT2D eigenvalue weighted by atomic mass is 16.1. The molecule has 0 aliphatic carbocycles. The molecule has 10 nitrogen and oxygen atoms in total. The molecule has 0 spiro atoms. The number of carbonyl (C=O) groups excluding carboxylic acids is 2. The molecule has 0 saturated heterocycles. The maximum atomic E-state index is 11.7. The molecule has 2 rings (SSSR count). The first-order valence-corrected chi connectivity index (χ1v) is 8.30. The molecule has 0 aliphatic heterocycles. The first-order chi connectivity index (χ1) is 12.7. The monoisotopic (exact) mass is 372 g/mol. The Morgan fingerprint density at radius 2 is 2.04 bits per heavy atom. The summed E-state index contributed by atoms with van der Waals surface area (Å²) in [6.07, 6.45) is 3.96. The molecule has 2 aromatic heterocycles. The maximum absolute atomic E-state index is 11.7. The molecule has 0 aliphatic rings. The Morgan fingerprint density at radius 1 is 1.33 bits per heavy atom. The van der Waals surface area contributed by atoms with Crippen molar-refractivity contribution in [1.29, 1.82) is 0 Å². The quantitative estimate of drug-likeness (QED) is 0.347. The maximum Gasteiger partial charge on any atom is 0.271 e. The number of hydrogen-bond donors (Lipinski definition) is 3. The summed E-state index contributed by atoms with van der Waals surface area (Å²) in [5.41, 5.74) is 6.94. The van der Waals surface area contributed by atoms with Gasteiger partial charge in [-0.3, -0.25) is 9.80 Å². The second kappa shape index (κ2) is 8.41. The number of nitrogens with zero attached hydrogens (tertiary/aromatic N) is 5. The highest BCUT2D eigenvalue weighted by molar-refractivity contribution is 5.96. The number of carbonyl (C=O) groups is 2. The first kappa shape index (κ1) is 20.0. The highest BCUT2D eigenvalue weighted by Gasteiger charge is 2.18. The van der Waals surface area contributed by atoms with Crippen molar-refractivity contribution in [2.45, 2.75) is 26.3 Å². The largest absolute Gasteiger partial charge is 0.364 e. The smallest absolute Gasteiger partial charge is 0.271 e. The van der Waals surface area contributed by atoms with Crippen LogP contribution in [0.1, 0.15) is 29.4 Å². The van der Waals surface area contributed by atoms with Gasteiger partial charge in [-0.2, -0.15) is 0 Å². The van der Waals surface area contributed by atoms with Crippen LogP contribution in [0.5, 0.6) is 0 Å². The third-order valence-electron chi connectivity index (χ3n) is 3.91. The predicted molar refractivity (Wildman–Crippen MR) is 104 cm³/mol. The summed E-state index contributed by atoms with van der Waals surface area (Å²) >= 11 is 0. The average molecular weight is 372 g/mol. The summed E-state index contributed by atoms with van der Waals surface area (Å²) in [7, 11) is 3.80. The lowest BCUT2D eigenvalue weighted by Crippen LogP contribution is -2.40. The summed E-state index contributed by atoms with van der Waals surface area (Å²) < 4.78 is 0. The number of anilines is 4. The molecule has 5 N–H and O–H groups in total. The van der Waals surface area contributed by atoms with Crippen LogP contribution in [-0.4, -0.2) is 47.3 Å². The molecule has 27 heavy (non-hydrogen) atoms. The van der Waals surface area contributed by atoms with Crippen LogP contribution in [0.4, 0.5) is 23.1 Å². The standard InChI is InChI=1S/C17H24N8O2/c1-10-7-12(8-21-17(10)24(3)4)22-16-14(15(18)27)20-9-13(23-16)25(19)11(2)5-6-26/h6-9,11H,5,19H2,1-4H3,(H2,18,27)(H,22,23)/t11-/m1/s1. The van der Waals surface area contributed by atoms with Gasteiger partial charge in [0.25, 0.3) is 5.91 Å². The second-order valence-corrected chi connectivity index (χ2v) is 6.33. The van der Waals surface area contributed by atoms with Gasteiger partial charge in [-0.05, 0) is 25.5 Å². The fourth-order valence-corrected chi connectivity index (χ4v) is 2.49. The Labute approximate surface area is 157 Å². The number of hydrazine groups is 1. The fourth-order valence-electron chi connectivity index (χ4n) is 2.49. The molecule has 144 valence electrons. The fraction of sp³-hybridized carbons (Fsp3) is 0.353. The number of hydrogen-bond acceptors (Lipinski definition) is 9. The minimum atomic E-state index is -0.726. The number of amides is 1. The molecule has 0 aromatic carbocycles. The Hall–Kier alpha value is -3.27. The number of aromatic nitrogens is 3. The van der Waals surface area contributed by atoms with Gasteiger partial charge in [-0.1, -0.05) is 0 Å². The summed E-state index contributed by atoms with van der Waals surface area (Å²) in [5.74, 6) is 6.56. The van der Waals surface area contributed by atoms with Crippen LogP contribution in [0.2, 0.25) is 0 Å². The topological polar surface area (TPSA) is 143 Å². The Morgan fingerprint density at radius 3 is 2.59 bits per heavy atom. The second-order valence-electron chi connectivity index (χ2n) is 6.33. The summed E-state index contributed by atoms with van der Waals surface area (Å²) in [6, 6.07) is 1.59. The van der Waals surface area contributed by atoms with Crippen LogP contribution in [0, 0.1) is 6.92 Å². The van der Waals surface area contributed by atoms with Gasteiger partial charge in [-0.15, -0.1) is 0 Å². The predicted octanol–water partition coefficient (Wildman–Crippen LogP) is 0.746. The zero-order valence-electron chi connectivity index (χ0n) is 15.8. The number of nitrogens with two attached hydrogens (primary N) is 2. The summed E-state index contributed by atoms with van der Waals surface area (Å²) in [4.78, 5) is 37.1. The Bertz CT molecular complexity index is 840. The molecular formula is C17H24N8O2. The van der Waals surface area contributed by atoms with Gasteiger partial charge in [0.2, 0.25) is 0 Å². The van der Waals surface area contributed by atoms with Crippen LogP contribution in [0.3, 0.4) is 0 Å². The van der Waals surface area contributed by atoms with Crippen LogP contribution in [0.15, 0.2) is 18.5 Å². The van der Waals surface area contributed by atoms with Crippen LogP contribution in [-0.2, 0) is 4.79 Å². The van der Waals surface area contributed by atoms with Crippen molar-refractivity contribution in [3.8, 4) is 0 Å². The normalized spacial score (nSPS) is 11.6. The lowest BCUT2D eigenvalue weighted by atomic mass is 10.2. The molecule has 0 fully saturated rings. The minimum Gasteiger partial charge on any atom is -0.364 e. The SMILES string of the molecule is Cc1cc(Nc2nc(N(N)[C@H](C)CC=O)cnc2C(N)=O)cnc1N(C)C. The van der Waals surface area contributed by atoms with Gasteiger partial charge in [0.05, 0.1) is 24.1 Å². The molecule has 0 unspecified atom stereocenters. The number of primary amides is 1. The van der Waals surface area contributed by atoms with Gasteiger partial charge in [0, 0.05) is 20.5 Å². The van der Waals surface area contributed by atoms with Crippen molar-refractivity contribution in [3.63, 3.8) is 0 Å². The van der Waals surface area contributed by atoms with E-state index in [1.54, 1.807) is 13.1 Å². The molecule has 1 amide bonds. The lowest BCUT2D eigenvalue weighted by molar-refractivity contribution is -0.108. The zero-order valence-corrected chi connectivity index (χ0v) is 15.8. The van der Waals surface area contributed by atoms with E-state index in [-0.39, 0.29) is 24.0 Å². The van der Waals surface area contributed by atoms with E-state index in [0.717, 1.165) is 17.7 Å². The molecule has 2 heterocycles. The third kappa shape index (κ3) is 4.67. The van der Waals surface area contributed by atoms with E-state index in [1.165, 1.54) is 11.2 Å². The van der Waals surface area contributed by atoms with E-state index in [4.69, 9.17) is 11.6 Å². The Balaban J connectivity index is 2.39. The number of aldehydes is 1. The van der Waals surface area contributed by atoms with Gasteiger partial charge in [0.1, 0.15) is 12.1 Å². The molecule has 0 saturated carbocycles. The van der Waals surface area contributed by atoms with Crippen molar-refractivity contribution in [3.05, 3.63) is 29.7 Å². The number of aryl methyl sites for hydroxylation is 1. The molecule has 0 bridgehead atoms. The van der Waals surface area contributed by atoms with E-state index in [2.05, 4.69) is 20.3 Å². The van der Waals surface area contributed by atoms with Gasteiger partial charge < -0.3 is 20.7 Å². The van der Waals surface area contributed by atoms with Gasteiger partial charge in [0.15, 0.2) is 17.3 Å². The van der Waals surface area contributed by atoms with Crippen molar-refractivity contribution < 1.29 is 9.59 Å². The van der Waals surface area contributed by atoms with E-state index in [1.807, 2.05) is 32.0 Å². The van der Waals surface area contributed by atoms with Crippen molar-refractivity contribution in [2.24, 2.45) is 11.6 Å². The van der Waals surface area contributed by atoms with Crippen molar-refractivity contribution in [2.75, 3.05) is 29.3 Å². The third-order valence-corrected chi connectivity index (χ3v) is 3.91. The highest BCUT2D eigenvalue weighted by Crippen LogP contribution is 2.24. The van der Waals surface area contributed by atoms with Gasteiger partial charge in [-0.25, -0.2) is 20.8 Å². The summed E-state index contributed by atoms with van der Waals surface area (Å²) in [5, 5.41) is 4.34. The molecule has 2 aromatic rings. The number of nitrogens with one attached hydrogen (secondary N) is 1. The van der Waals surface area contributed by atoms with E-state index < -0.39 is 5.91 Å². The van der Waals surface area contributed by atoms with Crippen molar-refractivity contribution in [1.82, 2.24) is 15.0 Å². The minimum absolute atomic E-state index is 0.0236. The van der Waals surface area contributed by atoms with Crippen LogP contribution < -0.4 is 26.8 Å². The molecule has 0 radical (unpaired) electrons. The lowest BCUT2D eigenvalue weighted by Gasteiger charge is -2.24. The summed E-state index contributed by atoms with van der Waals surface area (Å²) in [6.45, 7) is 3.70. The zero-order chi connectivity index (χ0) is 20.1. The van der Waals surface area contributed by atoms with E-state index in [9.17, 15) is 9.59 Å². The van der Waals surface area contributed by atoms with E-state index >= 15 is 0 Å². The number of pyridine rings is 1. The first-order valence-electron chi connectivity index (χ1n) is 8.30. The van der Waals surface area contributed by atoms with Crippen molar-refractivity contribution >= 4 is 35.3 Å². The van der Waals surface area contributed by atoms with Crippen LogP contribution >= 0.6 is 0 Å². The molecular weight excluding hydrogens is 348 g/mol. The average Bonchev–Trinajstić information content (AvgIpc) is 2.60. The van der Waals surface area contributed by atoms with Gasteiger partial charge >= 0.3 is 0 Å². The molecule has 10 heteroatoms.